The number of nitrogens with one attached hydrogen (secondary N) is 1. The highest BCUT2D eigenvalue weighted by molar-refractivity contribution is 7.99. The number of benzene rings is 1. The molecule has 0 saturated carbocycles. The summed E-state index contributed by atoms with van der Waals surface area (Å²) in [6.07, 6.45) is 5.08. The summed E-state index contributed by atoms with van der Waals surface area (Å²) in [6, 6.07) is 4.54. The fourth-order valence-corrected chi connectivity index (χ4v) is 4.47. The molecule has 10 heteroatoms. The predicted molar refractivity (Wildman–Crippen MR) is 96.2 cm³/mol. The molecule has 0 spiro atoms. The van der Waals surface area contributed by atoms with Crippen molar-refractivity contribution >= 4 is 38.8 Å². The van der Waals surface area contributed by atoms with Gasteiger partial charge in [-0.1, -0.05) is 17.7 Å². The molecule has 0 radical (unpaired) electrons. The molecule has 3 rings (SSSR count). The van der Waals surface area contributed by atoms with Gasteiger partial charge in [-0.15, -0.1) is 6.42 Å². The van der Waals surface area contributed by atoms with Gasteiger partial charge in [0.25, 0.3) is 5.22 Å². The van der Waals surface area contributed by atoms with Crippen molar-refractivity contribution in [1.29, 1.82) is 0 Å². The number of aromatic nitrogens is 1. The molecule has 1 N–H and O–H groups in total. The van der Waals surface area contributed by atoms with Crippen LogP contribution in [0.1, 0.15) is 0 Å². The van der Waals surface area contributed by atoms with Crippen molar-refractivity contribution in [2.45, 2.75) is 10.1 Å². The number of thioether (sulfide) groups is 1. The molecule has 1 aliphatic heterocycles. The number of amides is 1. The molecule has 26 heavy (non-hydrogen) atoms. The molecule has 0 aliphatic carbocycles. The van der Waals surface area contributed by atoms with Crippen LogP contribution in [0.2, 0.25) is 0 Å². The van der Waals surface area contributed by atoms with Crippen molar-refractivity contribution < 1.29 is 22.4 Å². The monoisotopic (exact) mass is 395 g/mol. The quantitative estimate of drug-likeness (QED) is 0.567. The van der Waals surface area contributed by atoms with Gasteiger partial charge < -0.3 is 14.5 Å². The molecule has 138 valence electrons. The Morgan fingerprint density at radius 3 is 2.88 bits per heavy atom. The number of ether oxygens (including phenoxy) is 1. The first-order valence-electron chi connectivity index (χ1n) is 7.82. The topological polar surface area (TPSA) is 102 Å². The van der Waals surface area contributed by atoms with Gasteiger partial charge >= 0.3 is 0 Å². The van der Waals surface area contributed by atoms with Crippen molar-refractivity contribution in [3.8, 4) is 12.3 Å². The van der Waals surface area contributed by atoms with Crippen LogP contribution in [0.3, 0.4) is 0 Å². The highest BCUT2D eigenvalue weighted by Crippen LogP contribution is 2.26. The van der Waals surface area contributed by atoms with E-state index in [-0.39, 0.29) is 28.3 Å². The van der Waals surface area contributed by atoms with Crippen LogP contribution < -0.4 is 5.32 Å². The molecule has 0 atom stereocenters. The minimum Gasteiger partial charge on any atom is -0.431 e. The van der Waals surface area contributed by atoms with E-state index >= 15 is 0 Å². The standard InChI is InChI=1S/C16H17N3O5S2/c1-2-5-17-15(20)11-25-16-18-13-10-12(3-4-14(13)24-16)26(21,22)19-6-8-23-9-7-19/h1,3-4,10H,5-9,11H2,(H,17,20). The number of rotatable bonds is 6. The van der Waals surface area contributed by atoms with Gasteiger partial charge in [-0.05, 0) is 18.2 Å². The number of hydrogen-bond donors (Lipinski definition) is 1. The Labute approximate surface area is 155 Å². The van der Waals surface area contributed by atoms with Crippen LogP contribution in [-0.2, 0) is 19.6 Å². The molecule has 1 aliphatic rings. The SMILES string of the molecule is C#CCNC(=O)CSc1nc2cc(S(=O)(=O)N3CCOCC3)ccc2o1. The van der Waals surface area contributed by atoms with Gasteiger partial charge in [0.1, 0.15) is 5.52 Å². The van der Waals surface area contributed by atoms with E-state index in [2.05, 4.69) is 16.2 Å². The molecular formula is C16H17N3O5S2. The van der Waals surface area contributed by atoms with Crippen LogP contribution in [0.15, 0.2) is 32.7 Å². The van der Waals surface area contributed by atoms with Crippen molar-refractivity contribution in [2.24, 2.45) is 0 Å². The number of carbonyl (C=O) groups is 1. The zero-order chi connectivity index (χ0) is 18.6. The van der Waals surface area contributed by atoms with Gasteiger partial charge in [0.05, 0.1) is 30.4 Å². The minimum atomic E-state index is -3.60. The summed E-state index contributed by atoms with van der Waals surface area (Å²) in [7, 11) is -3.60. The number of fused-ring (bicyclic) bond motifs is 1. The van der Waals surface area contributed by atoms with E-state index in [4.69, 9.17) is 15.6 Å². The lowest BCUT2D eigenvalue weighted by atomic mass is 10.3. The Bertz CT molecular complexity index is 942. The lowest BCUT2D eigenvalue weighted by Crippen LogP contribution is -2.40. The third kappa shape index (κ3) is 4.19. The smallest absolute Gasteiger partial charge is 0.257 e. The molecule has 8 nitrogen and oxygen atoms in total. The van der Waals surface area contributed by atoms with Gasteiger partial charge in [-0.3, -0.25) is 4.79 Å². The van der Waals surface area contributed by atoms with Gasteiger partial charge in [0, 0.05) is 13.1 Å². The Morgan fingerprint density at radius 1 is 1.38 bits per heavy atom. The first kappa shape index (κ1) is 18.7. The number of nitrogens with zero attached hydrogens (tertiary/aromatic N) is 2. The number of carbonyl (C=O) groups excluding carboxylic acids is 1. The van der Waals surface area contributed by atoms with Crippen molar-refractivity contribution in [3.63, 3.8) is 0 Å². The average Bonchev–Trinajstić information content (AvgIpc) is 3.07. The maximum absolute atomic E-state index is 12.7. The normalized spacial score (nSPS) is 15.7. The molecule has 1 saturated heterocycles. The summed E-state index contributed by atoms with van der Waals surface area (Å²) in [5.41, 5.74) is 0.878. The summed E-state index contributed by atoms with van der Waals surface area (Å²) in [5, 5.41) is 2.83. The number of terminal acetylenes is 1. The number of morpholine rings is 1. The average molecular weight is 395 g/mol. The zero-order valence-electron chi connectivity index (χ0n) is 13.8. The first-order chi connectivity index (χ1) is 12.5. The molecular weight excluding hydrogens is 378 g/mol. The van der Waals surface area contributed by atoms with E-state index in [9.17, 15) is 13.2 Å². The maximum atomic E-state index is 12.7. The lowest BCUT2D eigenvalue weighted by molar-refractivity contribution is -0.118. The molecule has 1 fully saturated rings. The number of hydrogen-bond acceptors (Lipinski definition) is 7. The van der Waals surface area contributed by atoms with Crippen LogP contribution in [0.4, 0.5) is 0 Å². The minimum absolute atomic E-state index is 0.105. The van der Waals surface area contributed by atoms with Gasteiger partial charge in [0.15, 0.2) is 5.58 Å². The van der Waals surface area contributed by atoms with E-state index in [1.54, 1.807) is 6.07 Å². The second kappa shape index (κ2) is 8.09. The highest BCUT2D eigenvalue weighted by Gasteiger charge is 2.27. The summed E-state index contributed by atoms with van der Waals surface area (Å²) < 4.78 is 37.5. The first-order valence-corrected chi connectivity index (χ1v) is 10.2. The summed E-state index contributed by atoms with van der Waals surface area (Å²) in [4.78, 5) is 16.0. The van der Waals surface area contributed by atoms with Crippen LogP contribution in [0, 0.1) is 12.3 Å². The van der Waals surface area contributed by atoms with Crippen LogP contribution >= 0.6 is 11.8 Å². The highest BCUT2D eigenvalue weighted by atomic mass is 32.2. The zero-order valence-corrected chi connectivity index (χ0v) is 15.4. The Morgan fingerprint density at radius 2 is 2.15 bits per heavy atom. The van der Waals surface area contributed by atoms with E-state index in [1.807, 2.05) is 0 Å². The fraction of sp³-hybridized carbons (Fsp3) is 0.375. The Kier molecular flexibility index (Phi) is 5.83. The lowest BCUT2D eigenvalue weighted by Gasteiger charge is -2.25. The van der Waals surface area contributed by atoms with Crippen molar-refractivity contribution in [1.82, 2.24) is 14.6 Å². The molecule has 1 aromatic heterocycles. The van der Waals surface area contributed by atoms with Gasteiger partial charge in [-0.2, -0.15) is 4.31 Å². The van der Waals surface area contributed by atoms with E-state index < -0.39 is 10.0 Å². The van der Waals surface area contributed by atoms with Crippen molar-refractivity contribution in [2.75, 3.05) is 38.6 Å². The Balaban J connectivity index is 1.75. The second-order valence-corrected chi connectivity index (χ2v) is 8.26. The number of sulfonamides is 1. The van der Waals surface area contributed by atoms with E-state index in [0.29, 0.717) is 37.4 Å². The van der Waals surface area contributed by atoms with Crippen LogP contribution in [0.5, 0.6) is 0 Å². The Hall–Kier alpha value is -2.06. The predicted octanol–water partition coefficient (Wildman–Crippen LogP) is 0.690. The summed E-state index contributed by atoms with van der Waals surface area (Å²) in [6.45, 7) is 1.58. The van der Waals surface area contributed by atoms with Gasteiger partial charge in [-0.25, -0.2) is 13.4 Å². The van der Waals surface area contributed by atoms with E-state index in [1.165, 1.54) is 16.4 Å². The largest absolute Gasteiger partial charge is 0.431 e. The summed E-state index contributed by atoms with van der Waals surface area (Å²) >= 11 is 1.11. The van der Waals surface area contributed by atoms with Crippen LogP contribution in [-0.4, -0.2) is 62.2 Å². The number of oxazole rings is 1. The third-order valence-corrected chi connectivity index (χ3v) is 6.38. The maximum Gasteiger partial charge on any atom is 0.257 e. The second-order valence-electron chi connectivity index (χ2n) is 5.40. The molecule has 1 aromatic carbocycles. The third-order valence-electron chi connectivity index (χ3n) is 3.66. The van der Waals surface area contributed by atoms with Gasteiger partial charge in [0.2, 0.25) is 15.9 Å². The van der Waals surface area contributed by atoms with E-state index in [0.717, 1.165) is 11.8 Å². The fourth-order valence-electron chi connectivity index (χ4n) is 2.37. The molecule has 2 heterocycles. The van der Waals surface area contributed by atoms with Crippen molar-refractivity contribution in [3.05, 3.63) is 18.2 Å². The molecule has 0 unspecified atom stereocenters. The molecule has 2 aromatic rings. The summed E-state index contributed by atoms with van der Waals surface area (Å²) in [5.74, 6) is 2.19. The molecule has 1 amide bonds. The molecule has 0 bridgehead atoms. The van der Waals surface area contributed by atoms with Crippen LogP contribution in [0.25, 0.3) is 11.1 Å².